The number of likely N-dealkylation sites (tertiary alicyclic amines) is 1. The number of nitrogen functional groups attached to an aromatic ring is 1. The number of nitrogens with two attached hydrogens (primary N) is 1. The Labute approximate surface area is 119 Å². The number of piperidine rings is 1. The minimum atomic E-state index is -0.164. The van der Waals surface area contributed by atoms with Gasteiger partial charge in [-0.15, -0.1) is 0 Å². The van der Waals surface area contributed by atoms with Crippen LogP contribution in [0.3, 0.4) is 0 Å². The molecule has 0 aromatic carbocycles. The van der Waals surface area contributed by atoms with E-state index in [4.69, 9.17) is 5.73 Å². The fourth-order valence-corrected chi connectivity index (χ4v) is 2.81. The standard InChI is InChI=1S/C14H23N5O/c15-11-12(10-4-5-10)17-18-13(11)14(20)16-6-9-19-7-2-1-3-8-19/h10H,1-9,15H2,(H,16,20)(H,17,18). The van der Waals surface area contributed by atoms with E-state index in [2.05, 4.69) is 20.4 Å². The molecule has 6 nitrogen and oxygen atoms in total. The maximum absolute atomic E-state index is 12.1. The second-order valence-corrected chi connectivity index (χ2v) is 5.83. The lowest BCUT2D eigenvalue weighted by atomic mass is 10.1. The zero-order valence-electron chi connectivity index (χ0n) is 11.8. The van der Waals surface area contributed by atoms with Gasteiger partial charge in [-0.3, -0.25) is 9.89 Å². The molecule has 0 radical (unpaired) electrons. The number of rotatable bonds is 5. The van der Waals surface area contributed by atoms with Crippen LogP contribution in [0.25, 0.3) is 0 Å². The van der Waals surface area contributed by atoms with Crippen molar-refractivity contribution in [1.29, 1.82) is 0 Å². The molecule has 1 saturated heterocycles. The van der Waals surface area contributed by atoms with Crippen LogP contribution < -0.4 is 11.1 Å². The zero-order chi connectivity index (χ0) is 13.9. The molecule has 1 saturated carbocycles. The van der Waals surface area contributed by atoms with Crippen LogP contribution in [0.5, 0.6) is 0 Å². The van der Waals surface area contributed by atoms with Gasteiger partial charge < -0.3 is 16.0 Å². The smallest absolute Gasteiger partial charge is 0.273 e. The van der Waals surface area contributed by atoms with Gasteiger partial charge in [0.1, 0.15) is 0 Å². The third-order valence-corrected chi connectivity index (χ3v) is 4.20. The summed E-state index contributed by atoms with van der Waals surface area (Å²) in [6, 6.07) is 0. The first-order chi connectivity index (χ1) is 9.75. The third-order valence-electron chi connectivity index (χ3n) is 4.20. The zero-order valence-corrected chi connectivity index (χ0v) is 11.8. The van der Waals surface area contributed by atoms with E-state index < -0.39 is 0 Å². The van der Waals surface area contributed by atoms with Crippen molar-refractivity contribution >= 4 is 11.6 Å². The minimum Gasteiger partial charge on any atom is -0.395 e. The SMILES string of the molecule is Nc1c(C(=O)NCCN2CCCCC2)n[nH]c1C1CC1. The average molecular weight is 277 g/mol. The number of aromatic nitrogens is 2. The number of nitrogens with zero attached hydrogens (tertiary/aromatic N) is 2. The van der Waals surface area contributed by atoms with Gasteiger partial charge in [-0.1, -0.05) is 6.42 Å². The summed E-state index contributed by atoms with van der Waals surface area (Å²) < 4.78 is 0. The summed E-state index contributed by atoms with van der Waals surface area (Å²) in [5.74, 6) is 0.319. The summed E-state index contributed by atoms with van der Waals surface area (Å²) in [5, 5.41) is 9.89. The molecule has 3 rings (SSSR count). The number of aromatic amines is 1. The Balaban J connectivity index is 1.48. The van der Waals surface area contributed by atoms with Crippen LogP contribution in [-0.4, -0.2) is 47.2 Å². The van der Waals surface area contributed by atoms with E-state index in [1.807, 2.05) is 0 Å². The molecule has 110 valence electrons. The molecule has 2 heterocycles. The van der Waals surface area contributed by atoms with E-state index in [1.165, 1.54) is 19.3 Å². The van der Waals surface area contributed by atoms with Crippen molar-refractivity contribution in [2.45, 2.75) is 38.0 Å². The lowest BCUT2D eigenvalue weighted by molar-refractivity contribution is 0.0942. The molecule has 1 aromatic rings. The minimum absolute atomic E-state index is 0.164. The quantitative estimate of drug-likeness (QED) is 0.751. The molecule has 0 bridgehead atoms. The fourth-order valence-electron chi connectivity index (χ4n) is 2.81. The summed E-state index contributed by atoms with van der Waals surface area (Å²) in [5.41, 5.74) is 7.81. The van der Waals surface area contributed by atoms with E-state index in [-0.39, 0.29) is 5.91 Å². The average Bonchev–Trinajstić information content (AvgIpc) is 3.23. The highest BCUT2D eigenvalue weighted by molar-refractivity contribution is 5.97. The molecular weight excluding hydrogens is 254 g/mol. The number of hydrogen-bond donors (Lipinski definition) is 3. The number of nitrogens with one attached hydrogen (secondary N) is 2. The molecule has 0 unspecified atom stereocenters. The number of anilines is 1. The number of H-pyrrole nitrogens is 1. The predicted octanol–water partition coefficient (Wildman–Crippen LogP) is 1.08. The van der Waals surface area contributed by atoms with Crippen molar-refractivity contribution in [3.63, 3.8) is 0 Å². The number of carbonyl (C=O) groups is 1. The van der Waals surface area contributed by atoms with Crippen LogP contribution in [0.15, 0.2) is 0 Å². The van der Waals surface area contributed by atoms with Crippen molar-refractivity contribution in [2.24, 2.45) is 0 Å². The van der Waals surface area contributed by atoms with Gasteiger partial charge in [-0.2, -0.15) is 5.10 Å². The van der Waals surface area contributed by atoms with Gasteiger partial charge in [0.15, 0.2) is 5.69 Å². The monoisotopic (exact) mass is 277 g/mol. The highest BCUT2D eigenvalue weighted by atomic mass is 16.1. The van der Waals surface area contributed by atoms with Gasteiger partial charge >= 0.3 is 0 Å². The van der Waals surface area contributed by atoms with Crippen LogP contribution in [0.4, 0.5) is 5.69 Å². The molecule has 1 aliphatic heterocycles. The Hall–Kier alpha value is -1.56. The van der Waals surface area contributed by atoms with Crippen molar-refractivity contribution in [3.05, 3.63) is 11.4 Å². The van der Waals surface area contributed by atoms with Gasteiger partial charge in [0.2, 0.25) is 0 Å². The highest BCUT2D eigenvalue weighted by Crippen LogP contribution is 2.42. The van der Waals surface area contributed by atoms with E-state index >= 15 is 0 Å². The molecule has 6 heteroatoms. The fraction of sp³-hybridized carbons (Fsp3) is 0.714. The Morgan fingerprint density at radius 2 is 2.10 bits per heavy atom. The number of carbonyl (C=O) groups excluding carboxylic acids is 1. The van der Waals surface area contributed by atoms with Crippen molar-refractivity contribution in [2.75, 3.05) is 31.9 Å². The molecule has 20 heavy (non-hydrogen) atoms. The highest BCUT2D eigenvalue weighted by Gasteiger charge is 2.30. The first-order valence-electron chi connectivity index (χ1n) is 7.60. The molecular formula is C14H23N5O. The Bertz CT molecular complexity index is 474. The van der Waals surface area contributed by atoms with E-state index in [9.17, 15) is 4.79 Å². The van der Waals surface area contributed by atoms with Gasteiger partial charge in [0.05, 0.1) is 11.4 Å². The molecule has 0 atom stereocenters. The molecule has 2 fully saturated rings. The number of amides is 1. The third kappa shape index (κ3) is 2.95. The first-order valence-corrected chi connectivity index (χ1v) is 7.60. The molecule has 2 aliphatic rings. The van der Waals surface area contributed by atoms with Crippen LogP contribution in [0, 0.1) is 0 Å². The van der Waals surface area contributed by atoms with E-state index in [1.54, 1.807) is 0 Å². The second kappa shape index (κ2) is 5.83. The molecule has 0 spiro atoms. The molecule has 1 amide bonds. The van der Waals surface area contributed by atoms with Crippen LogP contribution in [0.1, 0.15) is 54.2 Å². The van der Waals surface area contributed by atoms with Gasteiger partial charge in [0.25, 0.3) is 5.91 Å². The predicted molar refractivity (Wildman–Crippen MR) is 77.6 cm³/mol. The van der Waals surface area contributed by atoms with Crippen LogP contribution in [-0.2, 0) is 0 Å². The van der Waals surface area contributed by atoms with Crippen molar-refractivity contribution in [3.8, 4) is 0 Å². The van der Waals surface area contributed by atoms with E-state index in [0.717, 1.165) is 38.2 Å². The molecule has 4 N–H and O–H groups in total. The van der Waals surface area contributed by atoms with Crippen molar-refractivity contribution in [1.82, 2.24) is 20.4 Å². The summed E-state index contributed by atoms with van der Waals surface area (Å²) in [7, 11) is 0. The van der Waals surface area contributed by atoms with E-state index in [0.29, 0.717) is 23.8 Å². The Morgan fingerprint density at radius 3 is 2.80 bits per heavy atom. The summed E-state index contributed by atoms with van der Waals surface area (Å²) in [6.07, 6.45) is 6.15. The maximum atomic E-state index is 12.1. The maximum Gasteiger partial charge on any atom is 0.273 e. The summed E-state index contributed by atoms with van der Waals surface area (Å²) in [6.45, 7) is 3.86. The molecule has 1 aliphatic carbocycles. The Morgan fingerprint density at radius 1 is 1.35 bits per heavy atom. The van der Waals surface area contributed by atoms with Crippen LogP contribution >= 0.6 is 0 Å². The first kappa shape index (κ1) is 13.4. The lowest BCUT2D eigenvalue weighted by Gasteiger charge is -2.26. The van der Waals surface area contributed by atoms with Gasteiger partial charge in [0, 0.05) is 19.0 Å². The normalized spacial score (nSPS) is 20.0. The topological polar surface area (TPSA) is 87.0 Å². The van der Waals surface area contributed by atoms with Gasteiger partial charge in [-0.25, -0.2) is 0 Å². The Kier molecular flexibility index (Phi) is 3.91. The lowest BCUT2D eigenvalue weighted by Crippen LogP contribution is -2.37. The largest absolute Gasteiger partial charge is 0.395 e. The second-order valence-electron chi connectivity index (χ2n) is 5.83. The molecule has 1 aromatic heterocycles. The van der Waals surface area contributed by atoms with Crippen molar-refractivity contribution < 1.29 is 4.79 Å². The van der Waals surface area contributed by atoms with Gasteiger partial charge in [-0.05, 0) is 38.8 Å². The summed E-state index contributed by atoms with van der Waals surface area (Å²) >= 11 is 0. The number of hydrogen-bond acceptors (Lipinski definition) is 4. The summed E-state index contributed by atoms with van der Waals surface area (Å²) in [4.78, 5) is 14.5. The van der Waals surface area contributed by atoms with Crippen LogP contribution in [0.2, 0.25) is 0 Å².